The monoisotopic (exact) mass is 244 g/mol. The van der Waals surface area contributed by atoms with Crippen molar-refractivity contribution in [2.45, 2.75) is 13.8 Å². The SMILES string of the molecule is CCP(CC)c1ccc(Br)cc1. The third-order valence-electron chi connectivity index (χ3n) is 1.96. The van der Waals surface area contributed by atoms with Crippen LogP contribution in [0.15, 0.2) is 28.7 Å². The van der Waals surface area contributed by atoms with E-state index in [-0.39, 0.29) is 7.92 Å². The molecule has 1 aromatic rings. The molecule has 0 aliphatic carbocycles. The van der Waals surface area contributed by atoms with Gasteiger partial charge in [-0.05, 0) is 29.8 Å². The highest BCUT2D eigenvalue weighted by molar-refractivity contribution is 9.10. The highest BCUT2D eigenvalue weighted by atomic mass is 79.9. The van der Waals surface area contributed by atoms with Gasteiger partial charge in [-0.3, -0.25) is 0 Å². The first-order valence-corrected chi connectivity index (χ1v) is 6.79. The molecule has 0 nitrogen and oxygen atoms in total. The van der Waals surface area contributed by atoms with Crippen molar-refractivity contribution in [1.29, 1.82) is 0 Å². The van der Waals surface area contributed by atoms with Crippen molar-refractivity contribution in [3.63, 3.8) is 0 Å². The maximum Gasteiger partial charge on any atom is 0.0175 e. The molecule has 0 spiro atoms. The minimum Gasteiger partial charge on any atom is -0.0759 e. The van der Waals surface area contributed by atoms with Gasteiger partial charge in [-0.1, -0.05) is 49.8 Å². The van der Waals surface area contributed by atoms with Crippen molar-refractivity contribution in [3.8, 4) is 0 Å². The van der Waals surface area contributed by atoms with Crippen LogP contribution >= 0.6 is 23.9 Å². The van der Waals surface area contributed by atoms with Crippen molar-refractivity contribution >= 4 is 29.2 Å². The van der Waals surface area contributed by atoms with E-state index in [1.165, 1.54) is 22.1 Å². The third kappa shape index (κ3) is 2.57. The first kappa shape index (κ1) is 10.2. The molecule has 0 unspecified atom stereocenters. The average Bonchev–Trinajstić information content (AvgIpc) is 2.10. The van der Waals surface area contributed by atoms with E-state index in [1.807, 2.05) is 0 Å². The van der Waals surface area contributed by atoms with Crippen molar-refractivity contribution < 1.29 is 0 Å². The van der Waals surface area contributed by atoms with E-state index in [4.69, 9.17) is 0 Å². The van der Waals surface area contributed by atoms with E-state index in [9.17, 15) is 0 Å². The van der Waals surface area contributed by atoms with Crippen LogP contribution in [0.3, 0.4) is 0 Å². The number of rotatable bonds is 3. The second-order valence-electron chi connectivity index (χ2n) is 2.65. The van der Waals surface area contributed by atoms with Crippen LogP contribution in [0.4, 0.5) is 0 Å². The van der Waals surface area contributed by atoms with Crippen LogP contribution in [-0.4, -0.2) is 12.3 Å². The van der Waals surface area contributed by atoms with E-state index < -0.39 is 0 Å². The van der Waals surface area contributed by atoms with Gasteiger partial charge in [0.1, 0.15) is 0 Å². The fraction of sp³-hybridized carbons (Fsp3) is 0.400. The number of hydrogen-bond acceptors (Lipinski definition) is 0. The predicted molar refractivity (Wildman–Crippen MR) is 61.8 cm³/mol. The minimum atomic E-state index is 0.115. The molecular formula is C10H14BrP. The van der Waals surface area contributed by atoms with Crippen LogP contribution in [0, 0.1) is 0 Å². The molecule has 0 saturated carbocycles. The number of hydrogen-bond donors (Lipinski definition) is 0. The maximum atomic E-state index is 3.45. The van der Waals surface area contributed by atoms with Crippen molar-refractivity contribution in [3.05, 3.63) is 28.7 Å². The summed E-state index contributed by atoms with van der Waals surface area (Å²) >= 11 is 3.45. The third-order valence-corrected chi connectivity index (χ3v) is 5.04. The van der Waals surface area contributed by atoms with E-state index in [0.717, 1.165) is 0 Å². The fourth-order valence-electron chi connectivity index (χ4n) is 1.24. The zero-order valence-corrected chi connectivity index (χ0v) is 10.0. The Morgan fingerprint density at radius 2 is 1.58 bits per heavy atom. The summed E-state index contributed by atoms with van der Waals surface area (Å²) in [7, 11) is 0.115. The first-order chi connectivity index (χ1) is 5.77. The van der Waals surface area contributed by atoms with Gasteiger partial charge < -0.3 is 0 Å². The van der Waals surface area contributed by atoms with Crippen LogP contribution in [-0.2, 0) is 0 Å². The van der Waals surface area contributed by atoms with Crippen LogP contribution in [0.5, 0.6) is 0 Å². The summed E-state index contributed by atoms with van der Waals surface area (Å²) in [5.41, 5.74) is 0. The largest absolute Gasteiger partial charge is 0.0759 e. The lowest BCUT2D eigenvalue weighted by atomic mass is 10.4. The summed E-state index contributed by atoms with van der Waals surface area (Å²) < 4.78 is 1.17. The van der Waals surface area contributed by atoms with Gasteiger partial charge in [-0.2, -0.15) is 0 Å². The molecule has 0 amide bonds. The van der Waals surface area contributed by atoms with Gasteiger partial charge in [-0.15, -0.1) is 0 Å². The smallest absolute Gasteiger partial charge is 0.0175 e. The Morgan fingerprint density at radius 1 is 1.08 bits per heavy atom. The quantitative estimate of drug-likeness (QED) is 0.714. The Hall–Kier alpha value is 0.130. The molecule has 0 fully saturated rings. The van der Waals surface area contributed by atoms with Crippen molar-refractivity contribution in [1.82, 2.24) is 0 Å². The topological polar surface area (TPSA) is 0 Å². The van der Waals surface area contributed by atoms with Gasteiger partial charge in [0.15, 0.2) is 0 Å². The van der Waals surface area contributed by atoms with Crippen LogP contribution in [0.1, 0.15) is 13.8 Å². The zero-order valence-electron chi connectivity index (χ0n) is 7.55. The Kier molecular flexibility index (Phi) is 4.25. The normalized spacial score (nSPS) is 10.7. The average molecular weight is 245 g/mol. The van der Waals surface area contributed by atoms with Gasteiger partial charge >= 0.3 is 0 Å². The maximum absolute atomic E-state index is 3.45. The standard InChI is InChI=1S/C10H14BrP/c1-3-12(4-2)10-7-5-9(11)6-8-10/h5-8H,3-4H2,1-2H3. The summed E-state index contributed by atoms with van der Waals surface area (Å²) in [6.07, 6.45) is 2.60. The summed E-state index contributed by atoms with van der Waals surface area (Å²) in [6.45, 7) is 4.55. The molecule has 0 saturated heterocycles. The van der Waals surface area contributed by atoms with E-state index in [1.54, 1.807) is 0 Å². The minimum absolute atomic E-state index is 0.115. The van der Waals surface area contributed by atoms with Gasteiger partial charge in [0.25, 0.3) is 0 Å². The Bertz CT molecular complexity index is 226. The zero-order chi connectivity index (χ0) is 8.97. The molecule has 66 valence electrons. The predicted octanol–water partition coefficient (Wildman–Crippen LogP) is 3.60. The Labute approximate surface area is 84.3 Å². The molecule has 0 atom stereocenters. The molecule has 0 aromatic heterocycles. The molecule has 12 heavy (non-hydrogen) atoms. The lowest BCUT2D eigenvalue weighted by Crippen LogP contribution is -2.02. The molecule has 0 radical (unpaired) electrons. The summed E-state index contributed by atoms with van der Waals surface area (Å²) in [4.78, 5) is 0. The van der Waals surface area contributed by atoms with Crippen molar-refractivity contribution in [2.75, 3.05) is 12.3 Å². The van der Waals surface area contributed by atoms with Gasteiger partial charge in [0, 0.05) is 4.47 Å². The highest BCUT2D eigenvalue weighted by Gasteiger charge is 2.04. The van der Waals surface area contributed by atoms with E-state index in [2.05, 4.69) is 54.0 Å². The number of halogens is 1. The summed E-state index contributed by atoms with van der Waals surface area (Å²) in [5, 5.41) is 1.53. The van der Waals surface area contributed by atoms with Crippen LogP contribution < -0.4 is 5.30 Å². The first-order valence-electron chi connectivity index (χ1n) is 4.28. The van der Waals surface area contributed by atoms with E-state index >= 15 is 0 Å². The van der Waals surface area contributed by atoms with Gasteiger partial charge in [0.2, 0.25) is 0 Å². The Morgan fingerprint density at radius 3 is 2.00 bits per heavy atom. The highest BCUT2D eigenvalue weighted by Crippen LogP contribution is 2.32. The summed E-state index contributed by atoms with van der Waals surface area (Å²) in [5.74, 6) is 0. The van der Waals surface area contributed by atoms with E-state index in [0.29, 0.717) is 0 Å². The molecule has 1 aromatic carbocycles. The lowest BCUT2D eigenvalue weighted by Gasteiger charge is -2.12. The van der Waals surface area contributed by atoms with Crippen molar-refractivity contribution in [2.24, 2.45) is 0 Å². The molecule has 0 heterocycles. The molecule has 0 bridgehead atoms. The van der Waals surface area contributed by atoms with Crippen LogP contribution in [0.2, 0.25) is 0 Å². The number of benzene rings is 1. The Balaban J connectivity index is 2.80. The fourth-order valence-corrected chi connectivity index (χ4v) is 3.25. The van der Waals surface area contributed by atoms with Gasteiger partial charge in [0.05, 0.1) is 0 Å². The second-order valence-corrected chi connectivity index (χ2v) is 6.43. The second kappa shape index (κ2) is 4.99. The molecule has 0 aliphatic heterocycles. The molecule has 2 heteroatoms. The molecule has 1 rings (SSSR count). The molecule has 0 N–H and O–H groups in total. The molecular weight excluding hydrogens is 231 g/mol. The summed E-state index contributed by atoms with van der Waals surface area (Å²) in [6, 6.07) is 8.75. The molecule has 0 aliphatic rings. The van der Waals surface area contributed by atoms with Crippen LogP contribution in [0.25, 0.3) is 0 Å². The van der Waals surface area contributed by atoms with Gasteiger partial charge in [-0.25, -0.2) is 0 Å². The lowest BCUT2D eigenvalue weighted by molar-refractivity contribution is 1.42.